The summed E-state index contributed by atoms with van der Waals surface area (Å²) in [6.45, 7) is 5.47. The fraction of sp³-hybridized carbons (Fsp3) is 0.929. The van der Waals surface area contributed by atoms with Gasteiger partial charge in [0.1, 0.15) is 0 Å². The Balaban J connectivity index is 1.97. The fourth-order valence-corrected chi connectivity index (χ4v) is 1.97. The lowest BCUT2D eigenvalue weighted by molar-refractivity contribution is 0.485. The van der Waals surface area contributed by atoms with Crippen molar-refractivity contribution in [2.24, 2.45) is 16.6 Å². The lowest BCUT2D eigenvalue weighted by Crippen LogP contribution is -2.35. The van der Waals surface area contributed by atoms with Crippen LogP contribution in [0.15, 0.2) is 4.99 Å². The molecule has 0 amide bonds. The van der Waals surface area contributed by atoms with E-state index in [1.54, 1.807) is 0 Å². The average Bonchev–Trinajstić information content (AvgIpc) is 3.09. The van der Waals surface area contributed by atoms with Gasteiger partial charge < -0.3 is 10.6 Å². The molecule has 0 radical (unpaired) electrons. The molecule has 0 heterocycles. The van der Waals surface area contributed by atoms with Crippen LogP contribution in [-0.2, 0) is 0 Å². The van der Waals surface area contributed by atoms with Gasteiger partial charge >= 0.3 is 0 Å². The van der Waals surface area contributed by atoms with E-state index in [2.05, 4.69) is 30.8 Å². The summed E-state index contributed by atoms with van der Waals surface area (Å²) >= 11 is 0. The molecule has 3 nitrogen and oxygen atoms in total. The largest absolute Gasteiger partial charge is 0.370 e. The number of rotatable bonds is 8. The zero-order valence-corrected chi connectivity index (χ0v) is 11.8. The summed E-state index contributed by atoms with van der Waals surface area (Å²) in [6.07, 6.45) is 9.08. The Hall–Kier alpha value is -0.730. The van der Waals surface area contributed by atoms with Crippen LogP contribution in [0.5, 0.6) is 0 Å². The average molecular weight is 239 g/mol. The van der Waals surface area contributed by atoms with Gasteiger partial charge in [0, 0.05) is 19.6 Å². The maximum atomic E-state index is 5.91. The van der Waals surface area contributed by atoms with Crippen LogP contribution in [0.3, 0.4) is 0 Å². The molecule has 0 aliphatic heterocycles. The van der Waals surface area contributed by atoms with Crippen molar-refractivity contribution in [2.75, 3.05) is 13.6 Å². The van der Waals surface area contributed by atoms with Crippen molar-refractivity contribution in [3.63, 3.8) is 0 Å². The minimum absolute atomic E-state index is 0.671. The van der Waals surface area contributed by atoms with E-state index in [0.29, 0.717) is 6.04 Å². The minimum Gasteiger partial charge on any atom is -0.370 e. The molecular formula is C14H29N3. The van der Waals surface area contributed by atoms with Crippen molar-refractivity contribution in [1.82, 2.24) is 4.90 Å². The van der Waals surface area contributed by atoms with Gasteiger partial charge in [-0.15, -0.1) is 0 Å². The van der Waals surface area contributed by atoms with Gasteiger partial charge in [0.2, 0.25) is 0 Å². The first kappa shape index (κ1) is 14.3. The Morgan fingerprint density at radius 2 is 1.88 bits per heavy atom. The van der Waals surface area contributed by atoms with Crippen molar-refractivity contribution >= 4 is 5.96 Å². The Morgan fingerprint density at radius 1 is 1.24 bits per heavy atom. The van der Waals surface area contributed by atoms with Crippen LogP contribution in [0.4, 0.5) is 0 Å². The summed E-state index contributed by atoms with van der Waals surface area (Å²) in [5.41, 5.74) is 5.91. The van der Waals surface area contributed by atoms with Crippen LogP contribution in [0.2, 0.25) is 0 Å². The van der Waals surface area contributed by atoms with E-state index >= 15 is 0 Å². The van der Waals surface area contributed by atoms with E-state index in [9.17, 15) is 0 Å². The van der Waals surface area contributed by atoms with Gasteiger partial charge in [-0.1, -0.05) is 39.5 Å². The molecule has 0 unspecified atom stereocenters. The monoisotopic (exact) mass is 239 g/mol. The zero-order valence-electron chi connectivity index (χ0n) is 11.8. The second-order valence-electron chi connectivity index (χ2n) is 5.68. The Bertz CT molecular complexity index is 232. The van der Waals surface area contributed by atoms with E-state index in [1.165, 1.54) is 44.9 Å². The highest BCUT2D eigenvalue weighted by Crippen LogP contribution is 2.24. The molecule has 1 saturated carbocycles. The van der Waals surface area contributed by atoms with Gasteiger partial charge in [0.25, 0.3) is 0 Å². The molecule has 0 atom stereocenters. The maximum Gasteiger partial charge on any atom is 0.191 e. The quantitative estimate of drug-likeness (QED) is 0.402. The third-order valence-corrected chi connectivity index (χ3v) is 3.42. The lowest BCUT2D eigenvalue weighted by Gasteiger charge is -2.16. The van der Waals surface area contributed by atoms with E-state index in [-0.39, 0.29) is 0 Å². The summed E-state index contributed by atoms with van der Waals surface area (Å²) in [5.74, 6) is 1.57. The van der Waals surface area contributed by atoms with E-state index in [1.807, 2.05) is 0 Å². The first-order valence-electron chi connectivity index (χ1n) is 7.14. The number of unbranched alkanes of at least 4 members (excludes halogenated alkanes) is 3. The second kappa shape index (κ2) is 7.57. The Labute approximate surface area is 106 Å². The van der Waals surface area contributed by atoms with Gasteiger partial charge in [-0.25, -0.2) is 0 Å². The molecule has 100 valence electrons. The highest BCUT2D eigenvalue weighted by Gasteiger charge is 2.27. The normalized spacial score (nSPS) is 16.6. The van der Waals surface area contributed by atoms with Crippen molar-refractivity contribution in [2.45, 2.75) is 64.8 Å². The van der Waals surface area contributed by atoms with Crippen LogP contribution in [0.1, 0.15) is 58.8 Å². The molecule has 0 bridgehead atoms. The summed E-state index contributed by atoms with van der Waals surface area (Å²) in [7, 11) is 2.05. The highest BCUT2D eigenvalue weighted by molar-refractivity contribution is 5.78. The van der Waals surface area contributed by atoms with Crippen molar-refractivity contribution in [3.8, 4) is 0 Å². The SMILES string of the molecule is CC(C)CCCCCCN=C(N)N(C)C1CC1. The third-order valence-electron chi connectivity index (χ3n) is 3.42. The Morgan fingerprint density at radius 3 is 2.47 bits per heavy atom. The topological polar surface area (TPSA) is 41.6 Å². The first-order valence-corrected chi connectivity index (χ1v) is 7.14. The molecule has 0 aromatic carbocycles. The molecule has 0 aromatic heterocycles. The predicted octanol–water partition coefficient (Wildman–Crippen LogP) is 3.00. The van der Waals surface area contributed by atoms with E-state index in [0.717, 1.165) is 18.4 Å². The minimum atomic E-state index is 0.671. The summed E-state index contributed by atoms with van der Waals surface area (Å²) in [4.78, 5) is 6.56. The van der Waals surface area contributed by atoms with Gasteiger partial charge in [0.15, 0.2) is 5.96 Å². The van der Waals surface area contributed by atoms with E-state index in [4.69, 9.17) is 5.73 Å². The van der Waals surface area contributed by atoms with Gasteiger partial charge in [-0.2, -0.15) is 0 Å². The van der Waals surface area contributed by atoms with Crippen LogP contribution in [0, 0.1) is 5.92 Å². The molecule has 1 aliphatic carbocycles. The lowest BCUT2D eigenvalue weighted by atomic mass is 10.0. The Kier molecular flexibility index (Phi) is 6.38. The summed E-state index contributed by atoms with van der Waals surface area (Å²) in [6, 6.07) is 0.671. The fourth-order valence-electron chi connectivity index (χ4n) is 1.97. The third kappa shape index (κ3) is 6.54. The first-order chi connectivity index (χ1) is 8.11. The van der Waals surface area contributed by atoms with E-state index < -0.39 is 0 Å². The zero-order chi connectivity index (χ0) is 12.7. The number of aliphatic imine (C=N–C) groups is 1. The maximum absolute atomic E-state index is 5.91. The van der Waals surface area contributed by atoms with Crippen LogP contribution < -0.4 is 5.73 Å². The number of nitrogens with two attached hydrogens (primary N) is 1. The molecule has 0 saturated heterocycles. The van der Waals surface area contributed by atoms with Gasteiger partial charge in [-0.3, -0.25) is 4.99 Å². The molecular weight excluding hydrogens is 210 g/mol. The number of nitrogens with zero attached hydrogens (tertiary/aromatic N) is 2. The number of hydrogen-bond acceptors (Lipinski definition) is 1. The standard InChI is InChI=1S/C14H29N3/c1-12(2)8-6-4-5-7-11-16-14(15)17(3)13-9-10-13/h12-13H,4-11H2,1-3H3,(H2,15,16). The molecule has 2 N–H and O–H groups in total. The number of hydrogen-bond donors (Lipinski definition) is 1. The molecule has 1 rings (SSSR count). The molecule has 0 spiro atoms. The summed E-state index contributed by atoms with van der Waals surface area (Å²) < 4.78 is 0. The smallest absolute Gasteiger partial charge is 0.191 e. The predicted molar refractivity (Wildman–Crippen MR) is 75.2 cm³/mol. The molecule has 1 fully saturated rings. The second-order valence-corrected chi connectivity index (χ2v) is 5.68. The van der Waals surface area contributed by atoms with Crippen molar-refractivity contribution in [1.29, 1.82) is 0 Å². The van der Waals surface area contributed by atoms with Crippen molar-refractivity contribution in [3.05, 3.63) is 0 Å². The van der Waals surface area contributed by atoms with Gasteiger partial charge in [-0.05, 0) is 25.2 Å². The van der Waals surface area contributed by atoms with Crippen LogP contribution in [0.25, 0.3) is 0 Å². The van der Waals surface area contributed by atoms with Crippen LogP contribution in [-0.4, -0.2) is 30.5 Å². The molecule has 3 heteroatoms. The van der Waals surface area contributed by atoms with Crippen LogP contribution >= 0.6 is 0 Å². The molecule has 1 aliphatic rings. The highest BCUT2D eigenvalue weighted by atomic mass is 15.3. The van der Waals surface area contributed by atoms with Crippen molar-refractivity contribution < 1.29 is 0 Å². The molecule has 17 heavy (non-hydrogen) atoms. The number of guanidine groups is 1. The van der Waals surface area contributed by atoms with Gasteiger partial charge in [0.05, 0.1) is 0 Å². The molecule has 0 aromatic rings. The summed E-state index contributed by atoms with van der Waals surface area (Å²) in [5, 5.41) is 0.